The van der Waals surface area contributed by atoms with Crippen molar-refractivity contribution < 1.29 is 63.3 Å². The van der Waals surface area contributed by atoms with Gasteiger partial charge in [0.05, 0.1) is 6.61 Å². The Morgan fingerprint density at radius 1 is 1.26 bits per heavy atom. The Bertz CT molecular complexity index is 364. The van der Waals surface area contributed by atoms with E-state index in [0.717, 1.165) is 19.3 Å². The van der Waals surface area contributed by atoms with E-state index in [1.54, 1.807) is 0 Å². The first kappa shape index (κ1) is 21.6. The van der Waals surface area contributed by atoms with Crippen LogP contribution in [0.1, 0.15) is 24.8 Å². The van der Waals surface area contributed by atoms with E-state index in [2.05, 4.69) is 31.2 Å². The van der Waals surface area contributed by atoms with Gasteiger partial charge in [-0.3, -0.25) is 11.7 Å². The van der Waals surface area contributed by atoms with Crippen molar-refractivity contribution in [3.63, 3.8) is 0 Å². The molecule has 0 aliphatic heterocycles. The van der Waals surface area contributed by atoms with Crippen molar-refractivity contribution in [1.29, 1.82) is 0 Å². The van der Waals surface area contributed by atoms with Crippen LogP contribution in [0.3, 0.4) is 0 Å². The van der Waals surface area contributed by atoms with Crippen molar-refractivity contribution in [2.24, 2.45) is 5.41 Å². The van der Waals surface area contributed by atoms with Crippen LogP contribution in [0.15, 0.2) is 30.3 Å². The number of esters is 1. The summed E-state index contributed by atoms with van der Waals surface area (Å²) in [7, 11) is 0. The molecule has 2 rings (SSSR count). The average Bonchev–Trinajstić information content (AvgIpc) is 2.23. The van der Waals surface area contributed by atoms with E-state index < -0.39 is 5.97 Å². The maximum Gasteiger partial charge on any atom is 0.164 e. The van der Waals surface area contributed by atoms with Gasteiger partial charge in [-0.15, -0.1) is 0 Å². The Morgan fingerprint density at radius 3 is 2.26 bits per heavy atom. The number of hydrogen-bond acceptors (Lipinski definition) is 2. The van der Waals surface area contributed by atoms with Crippen LogP contribution in [-0.2, 0) is 69.7 Å². The van der Waals surface area contributed by atoms with Gasteiger partial charge in [0.1, 0.15) is 0 Å². The SMILES string of the molecule is [CH2-]C(=O)OCC1(Cc2ccccc2)CCC1.[CH3-].[W].[Y]. The van der Waals surface area contributed by atoms with Gasteiger partial charge < -0.3 is 12.2 Å². The second-order valence-corrected chi connectivity index (χ2v) is 4.68. The Kier molecular flexibility index (Phi) is 11.5. The van der Waals surface area contributed by atoms with Crippen molar-refractivity contribution in [3.8, 4) is 0 Å². The summed E-state index contributed by atoms with van der Waals surface area (Å²) in [6, 6.07) is 10.4. The predicted molar refractivity (Wildman–Crippen MR) is 69.2 cm³/mol. The van der Waals surface area contributed by atoms with Crippen LogP contribution in [0.25, 0.3) is 0 Å². The number of carbonyl (C=O) groups excluding carboxylic acids is 1. The zero-order valence-electron chi connectivity index (χ0n) is 11.4. The molecule has 1 aromatic carbocycles. The van der Waals surface area contributed by atoms with Gasteiger partial charge in [-0.2, -0.15) is 0 Å². The van der Waals surface area contributed by atoms with E-state index in [1.165, 1.54) is 12.0 Å². The summed E-state index contributed by atoms with van der Waals surface area (Å²) in [5.41, 5.74) is 1.50. The minimum absolute atomic E-state index is 0. The van der Waals surface area contributed by atoms with Gasteiger partial charge in [0, 0.05) is 59.2 Å². The third kappa shape index (κ3) is 6.56. The molecule has 0 saturated heterocycles. The van der Waals surface area contributed by atoms with Crippen LogP contribution in [-0.4, -0.2) is 12.6 Å². The summed E-state index contributed by atoms with van der Waals surface area (Å²) in [5.74, 6) is -0.417. The quantitative estimate of drug-likeness (QED) is 0.465. The topological polar surface area (TPSA) is 26.3 Å². The van der Waals surface area contributed by atoms with E-state index in [9.17, 15) is 4.79 Å². The first-order chi connectivity index (χ1) is 7.70. The molecule has 0 bridgehead atoms. The third-order valence-electron chi connectivity index (χ3n) is 3.38. The van der Waals surface area contributed by atoms with E-state index >= 15 is 0 Å². The minimum atomic E-state index is -0.417. The van der Waals surface area contributed by atoms with Gasteiger partial charge in [-0.05, 0) is 24.8 Å². The monoisotopic (exact) mass is 505 g/mol. The number of ether oxygens (including phenoxy) is 1. The van der Waals surface area contributed by atoms with Crippen molar-refractivity contribution in [2.45, 2.75) is 25.7 Å². The van der Waals surface area contributed by atoms with Gasteiger partial charge >= 0.3 is 0 Å². The van der Waals surface area contributed by atoms with Gasteiger partial charge in [0.15, 0.2) is 5.97 Å². The average molecular weight is 505 g/mol. The summed E-state index contributed by atoms with van der Waals surface area (Å²) in [4.78, 5) is 10.7. The van der Waals surface area contributed by atoms with E-state index in [0.29, 0.717) is 6.61 Å². The summed E-state index contributed by atoms with van der Waals surface area (Å²) < 4.78 is 5.07. The maximum atomic E-state index is 10.7. The van der Waals surface area contributed by atoms with Gasteiger partial charge in [0.2, 0.25) is 0 Å². The molecule has 0 spiro atoms. The molecule has 1 aromatic rings. The minimum Gasteiger partial charge on any atom is -0.488 e. The Hall–Kier alpha value is 0.352. The second-order valence-electron chi connectivity index (χ2n) is 4.68. The predicted octanol–water partition coefficient (Wildman–Crippen LogP) is 3.22. The van der Waals surface area contributed by atoms with Crippen LogP contribution < -0.4 is 0 Å². The molecule has 1 aliphatic carbocycles. The largest absolute Gasteiger partial charge is 0.488 e. The van der Waals surface area contributed by atoms with Crippen LogP contribution >= 0.6 is 0 Å². The molecule has 0 heterocycles. The van der Waals surface area contributed by atoms with Gasteiger partial charge in [-0.25, -0.2) is 0 Å². The van der Waals surface area contributed by atoms with E-state index in [-0.39, 0.29) is 66.6 Å². The molecule has 0 atom stereocenters. The Balaban J connectivity index is 0. The molecule has 1 aliphatic rings. The van der Waals surface area contributed by atoms with E-state index in [1.807, 2.05) is 6.07 Å². The summed E-state index contributed by atoms with van der Waals surface area (Å²) in [6.07, 6.45) is 4.53. The fraction of sp³-hybridized carbons (Fsp3) is 0.400. The molecule has 0 unspecified atom stereocenters. The summed E-state index contributed by atoms with van der Waals surface area (Å²) in [5, 5.41) is 0. The first-order valence-corrected chi connectivity index (χ1v) is 5.73. The van der Waals surface area contributed by atoms with Gasteiger partial charge in [0.25, 0.3) is 0 Å². The zero-order valence-corrected chi connectivity index (χ0v) is 17.2. The maximum absolute atomic E-state index is 10.7. The number of benzene rings is 1. The smallest absolute Gasteiger partial charge is 0.164 e. The van der Waals surface area contributed by atoms with Crippen LogP contribution in [0, 0.1) is 19.8 Å². The summed E-state index contributed by atoms with van der Waals surface area (Å²) >= 11 is 0. The zero-order chi connectivity index (χ0) is 11.4. The van der Waals surface area contributed by atoms with E-state index in [4.69, 9.17) is 4.74 Å². The number of hydrogen-bond donors (Lipinski definition) is 0. The van der Waals surface area contributed by atoms with Crippen molar-refractivity contribution in [2.75, 3.05) is 6.61 Å². The standard InChI is InChI=1S/C14H17O2.CH3.W.Y/c1-12(15)16-11-14(8-5-9-14)10-13-6-3-2-4-7-13;;;/h2-4,6-7H,1,5,8-11H2;1H3;;/q2*-1;;. The molecule has 4 heteroatoms. The third-order valence-corrected chi connectivity index (χ3v) is 3.38. The molecule has 2 nitrogen and oxygen atoms in total. The fourth-order valence-corrected chi connectivity index (χ4v) is 2.31. The van der Waals surface area contributed by atoms with Crippen LogP contribution in [0.4, 0.5) is 0 Å². The van der Waals surface area contributed by atoms with Crippen molar-refractivity contribution in [3.05, 3.63) is 50.2 Å². The van der Waals surface area contributed by atoms with Crippen molar-refractivity contribution in [1.82, 2.24) is 0 Å². The number of rotatable bonds is 4. The van der Waals surface area contributed by atoms with Crippen LogP contribution in [0.5, 0.6) is 0 Å². The normalized spacial score (nSPS) is 14.7. The molecule has 19 heavy (non-hydrogen) atoms. The Morgan fingerprint density at radius 2 is 1.84 bits per heavy atom. The molecule has 1 fully saturated rings. The van der Waals surface area contributed by atoms with Crippen LogP contribution in [0.2, 0.25) is 0 Å². The summed E-state index contributed by atoms with van der Waals surface area (Å²) in [6.45, 7) is 3.76. The molecular formula is C15H20O2WY-2. The molecule has 1 radical (unpaired) electrons. The first-order valence-electron chi connectivity index (χ1n) is 5.73. The number of carbonyl (C=O) groups is 1. The molecule has 0 amide bonds. The molecule has 1 saturated carbocycles. The van der Waals surface area contributed by atoms with Gasteiger partial charge in [-0.1, -0.05) is 36.8 Å². The molecule has 103 valence electrons. The second kappa shape index (κ2) is 10.1. The molecule has 0 aromatic heterocycles. The Labute approximate surface area is 156 Å². The molecular weight excluding hydrogens is 485 g/mol. The fourth-order valence-electron chi connectivity index (χ4n) is 2.31. The molecule has 0 N–H and O–H groups in total. The van der Waals surface area contributed by atoms with Crippen molar-refractivity contribution >= 4 is 5.97 Å².